The summed E-state index contributed by atoms with van der Waals surface area (Å²) in [5.74, 6) is -5.92. The Labute approximate surface area is 247 Å². The Morgan fingerprint density at radius 1 is 1.05 bits per heavy atom. The molecule has 2 atom stereocenters. The molecule has 3 N–H and O–H groups in total. The molecule has 1 amide bonds. The quantitative estimate of drug-likeness (QED) is 0.311. The van der Waals surface area contributed by atoms with E-state index < -0.39 is 70.7 Å². The topological polar surface area (TPSA) is 132 Å². The number of benzene rings is 2. The van der Waals surface area contributed by atoms with Gasteiger partial charge in [-0.25, -0.2) is 18.4 Å². The molecule has 0 spiro atoms. The molecule has 2 heterocycles. The minimum absolute atomic E-state index is 0.0539. The number of carboxylic acid groups (broad SMARTS) is 1. The van der Waals surface area contributed by atoms with Crippen LogP contribution < -0.4 is 21.9 Å². The first-order chi connectivity index (χ1) is 20.6. The molecule has 0 radical (unpaired) electrons. The smallest absolute Gasteiger partial charge is 0.408 e. The molecule has 1 aromatic heterocycles. The van der Waals surface area contributed by atoms with E-state index in [1.165, 1.54) is 25.6 Å². The number of carbonyl (C=O) groups is 2. The van der Waals surface area contributed by atoms with Gasteiger partial charge in [0, 0.05) is 31.9 Å². The van der Waals surface area contributed by atoms with E-state index in [-0.39, 0.29) is 25.2 Å². The lowest BCUT2D eigenvalue weighted by atomic mass is 9.90. The number of fused-ring (bicyclic) bond motifs is 1. The minimum Gasteiger partial charge on any atom is -0.480 e. The van der Waals surface area contributed by atoms with Gasteiger partial charge in [0.2, 0.25) is 0 Å². The Morgan fingerprint density at radius 3 is 2.23 bits per heavy atom. The number of anilines is 1. The van der Waals surface area contributed by atoms with Crippen molar-refractivity contribution in [2.45, 2.75) is 58.2 Å². The first-order valence-corrected chi connectivity index (χ1v) is 13.4. The zero-order valence-electron chi connectivity index (χ0n) is 24.1. The van der Waals surface area contributed by atoms with Gasteiger partial charge in [0.15, 0.2) is 0 Å². The van der Waals surface area contributed by atoms with Gasteiger partial charge >= 0.3 is 17.8 Å². The fraction of sp³-hybridized carbons (Fsp3) is 0.379. The molecule has 15 heteroatoms. The molecule has 1 aliphatic heterocycles. The molecule has 2 aromatic carbocycles. The molecule has 236 valence electrons. The summed E-state index contributed by atoms with van der Waals surface area (Å²) in [6, 6.07) is 0.411. The Balaban J connectivity index is 1.63. The van der Waals surface area contributed by atoms with Crippen LogP contribution >= 0.6 is 0 Å². The average Bonchev–Trinajstić information content (AvgIpc) is 3.44. The van der Waals surface area contributed by atoms with Gasteiger partial charge in [-0.3, -0.25) is 14.2 Å². The zero-order valence-corrected chi connectivity index (χ0v) is 24.1. The van der Waals surface area contributed by atoms with Crippen molar-refractivity contribution in [2.24, 2.45) is 14.1 Å². The van der Waals surface area contributed by atoms with Crippen LogP contribution in [0.5, 0.6) is 0 Å². The summed E-state index contributed by atoms with van der Waals surface area (Å²) in [5.41, 5.74) is -0.0297. The number of alkyl halides is 3. The number of halogens is 5. The highest BCUT2D eigenvalue weighted by Crippen LogP contribution is 2.34. The van der Waals surface area contributed by atoms with Crippen LogP contribution in [0.15, 0.2) is 33.9 Å². The fourth-order valence-electron chi connectivity index (χ4n) is 5.16. The van der Waals surface area contributed by atoms with Gasteiger partial charge < -0.3 is 25.0 Å². The number of nitrogens with one attached hydrogen (secondary N) is 2. The summed E-state index contributed by atoms with van der Waals surface area (Å²) < 4.78 is 76.7. The molecular weight excluding hydrogens is 595 g/mol. The molecule has 0 aliphatic carbocycles. The Hall–Kier alpha value is -4.53. The third kappa shape index (κ3) is 6.09. The third-order valence-electron chi connectivity index (χ3n) is 7.69. The summed E-state index contributed by atoms with van der Waals surface area (Å²) in [4.78, 5) is 50.3. The van der Waals surface area contributed by atoms with Crippen LogP contribution in [0.25, 0.3) is 11.1 Å². The molecule has 2 unspecified atom stereocenters. The highest BCUT2D eigenvalue weighted by molar-refractivity contribution is 5.97. The standard InChI is InChI=1S/C29H29F5N4O6/c1-5-22(29(32,33)34)35-15-9-19(30)24(20(31)10-15)25(39)36-21(27(41)42)8-14-6-7-16(18-12-44-11-17(14)18)23-13(2)37(3)28(43)38(4)26(23)40/h6-7,9-10,21-22,35H,5,8,11-12H2,1-4H3,(H,36,39)(H,41,42). The lowest BCUT2D eigenvalue weighted by Crippen LogP contribution is -2.43. The maximum atomic E-state index is 14.8. The van der Waals surface area contributed by atoms with Crippen molar-refractivity contribution in [1.82, 2.24) is 14.5 Å². The van der Waals surface area contributed by atoms with E-state index in [1.54, 1.807) is 19.1 Å². The number of nitrogens with zero attached hydrogens (tertiary/aromatic N) is 2. The number of ether oxygens (including phenoxy) is 1. The summed E-state index contributed by atoms with van der Waals surface area (Å²) in [5, 5.41) is 13.9. The van der Waals surface area contributed by atoms with E-state index in [0.29, 0.717) is 40.1 Å². The van der Waals surface area contributed by atoms with Gasteiger partial charge in [-0.1, -0.05) is 19.1 Å². The van der Waals surface area contributed by atoms with E-state index in [9.17, 15) is 46.2 Å². The van der Waals surface area contributed by atoms with Crippen LogP contribution in [0, 0.1) is 18.6 Å². The van der Waals surface area contributed by atoms with Crippen molar-refractivity contribution in [3.8, 4) is 11.1 Å². The van der Waals surface area contributed by atoms with E-state index in [0.717, 1.165) is 4.57 Å². The maximum absolute atomic E-state index is 14.8. The molecule has 4 rings (SSSR count). The first-order valence-electron chi connectivity index (χ1n) is 13.4. The molecular formula is C29H29F5N4O6. The van der Waals surface area contributed by atoms with Gasteiger partial charge in [0.25, 0.3) is 11.5 Å². The van der Waals surface area contributed by atoms with Gasteiger partial charge in [-0.05, 0) is 47.7 Å². The number of amides is 1. The van der Waals surface area contributed by atoms with E-state index >= 15 is 0 Å². The Bertz CT molecular complexity index is 1740. The summed E-state index contributed by atoms with van der Waals surface area (Å²) in [6.07, 6.45) is -5.44. The van der Waals surface area contributed by atoms with Crippen LogP contribution in [0.4, 0.5) is 27.6 Å². The minimum atomic E-state index is -4.69. The van der Waals surface area contributed by atoms with Crippen LogP contribution in [-0.4, -0.2) is 44.4 Å². The molecule has 3 aromatic rings. The van der Waals surface area contributed by atoms with Crippen LogP contribution in [-0.2, 0) is 43.3 Å². The molecule has 0 saturated heterocycles. The fourth-order valence-corrected chi connectivity index (χ4v) is 5.16. The van der Waals surface area contributed by atoms with E-state index in [4.69, 9.17) is 4.74 Å². The highest BCUT2D eigenvalue weighted by atomic mass is 19.4. The van der Waals surface area contributed by atoms with Crippen molar-refractivity contribution in [2.75, 3.05) is 5.32 Å². The number of carboxylic acids is 1. The molecule has 10 nitrogen and oxygen atoms in total. The lowest BCUT2D eigenvalue weighted by molar-refractivity contribution is -0.143. The third-order valence-corrected chi connectivity index (χ3v) is 7.69. The predicted octanol–water partition coefficient (Wildman–Crippen LogP) is 3.55. The monoisotopic (exact) mass is 624 g/mol. The predicted molar refractivity (Wildman–Crippen MR) is 148 cm³/mol. The number of aliphatic carboxylic acids is 1. The maximum Gasteiger partial charge on any atom is 0.408 e. The van der Waals surface area contributed by atoms with Crippen LogP contribution in [0.2, 0.25) is 0 Å². The molecule has 44 heavy (non-hydrogen) atoms. The Kier molecular flexibility index (Phi) is 9.00. The number of rotatable bonds is 9. The second kappa shape index (κ2) is 12.2. The number of aromatic nitrogens is 2. The van der Waals surface area contributed by atoms with Gasteiger partial charge in [-0.15, -0.1) is 0 Å². The largest absolute Gasteiger partial charge is 0.480 e. The van der Waals surface area contributed by atoms with Crippen molar-refractivity contribution in [1.29, 1.82) is 0 Å². The molecule has 0 bridgehead atoms. The summed E-state index contributed by atoms with van der Waals surface area (Å²) >= 11 is 0. The summed E-state index contributed by atoms with van der Waals surface area (Å²) in [6.45, 7) is 2.98. The van der Waals surface area contributed by atoms with Crippen molar-refractivity contribution >= 4 is 17.6 Å². The van der Waals surface area contributed by atoms with E-state index in [2.05, 4.69) is 5.32 Å². The SMILES string of the molecule is CCC(Nc1cc(F)c(C(=O)NC(Cc2ccc(-c3c(C)n(C)c(=O)n(C)c3=O)c3c2COC3)C(=O)O)c(F)c1)C(F)(F)F. The lowest BCUT2D eigenvalue weighted by Gasteiger charge is -2.22. The van der Waals surface area contributed by atoms with Gasteiger partial charge in [0.1, 0.15) is 29.3 Å². The average molecular weight is 625 g/mol. The molecule has 0 saturated carbocycles. The second-order valence-electron chi connectivity index (χ2n) is 10.4. The normalized spacial score (nSPS) is 14.2. The molecule has 0 fully saturated rings. The molecule has 1 aliphatic rings. The highest BCUT2D eigenvalue weighted by Gasteiger charge is 2.38. The zero-order chi connectivity index (χ0) is 32.7. The van der Waals surface area contributed by atoms with Gasteiger partial charge in [0.05, 0.1) is 18.8 Å². The summed E-state index contributed by atoms with van der Waals surface area (Å²) in [7, 11) is 2.87. The van der Waals surface area contributed by atoms with E-state index in [1.807, 2.05) is 5.32 Å². The number of hydrogen-bond donors (Lipinski definition) is 3. The van der Waals surface area contributed by atoms with Gasteiger partial charge in [-0.2, -0.15) is 13.2 Å². The van der Waals surface area contributed by atoms with Crippen molar-refractivity contribution in [3.63, 3.8) is 0 Å². The van der Waals surface area contributed by atoms with Crippen LogP contribution in [0.1, 0.15) is 46.1 Å². The second-order valence-corrected chi connectivity index (χ2v) is 10.4. The van der Waals surface area contributed by atoms with Crippen molar-refractivity contribution < 1.29 is 41.4 Å². The number of hydrogen-bond acceptors (Lipinski definition) is 6. The Morgan fingerprint density at radius 2 is 1.66 bits per heavy atom. The first kappa shape index (κ1) is 32.4. The number of carbonyl (C=O) groups excluding carboxylic acids is 1. The van der Waals surface area contributed by atoms with Crippen molar-refractivity contribution in [3.05, 3.63) is 84.7 Å². The van der Waals surface area contributed by atoms with Crippen LogP contribution in [0.3, 0.4) is 0 Å².